The maximum Gasteiger partial charge on any atom is 0.205 e. The third kappa shape index (κ3) is 2.46. The van der Waals surface area contributed by atoms with Crippen molar-refractivity contribution < 1.29 is 4.74 Å². The molecule has 1 heterocycles. The zero-order valence-electron chi connectivity index (χ0n) is 14.7. The number of hydrogen-bond donors (Lipinski definition) is 1. The zero-order chi connectivity index (χ0) is 18.3. The van der Waals surface area contributed by atoms with Crippen LogP contribution in [-0.4, -0.2) is 14.1 Å². The molecule has 1 aliphatic heterocycles. The van der Waals surface area contributed by atoms with Crippen molar-refractivity contribution in [2.45, 2.75) is 5.92 Å². The van der Waals surface area contributed by atoms with Crippen molar-refractivity contribution >= 4 is 16.5 Å². The standard InChI is InChI=1S/C22H19N3O/c1-25(2)16-10-7-15(8-11-16)20-18-12-9-14-5-3-4-6-17(14)21(18)26-22(24)19(20)13-23/h3-12,20H,24H2,1-2H3. The molecule has 4 heteroatoms. The van der Waals surface area contributed by atoms with E-state index in [0.717, 1.165) is 33.3 Å². The van der Waals surface area contributed by atoms with Gasteiger partial charge in [-0.3, -0.25) is 0 Å². The minimum atomic E-state index is -0.232. The summed E-state index contributed by atoms with van der Waals surface area (Å²) in [7, 11) is 4.01. The highest BCUT2D eigenvalue weighted by Gasteiger charge is 2.31. The fourth-order valence-electron chi connectivity index (χ4n) is 3.49. The van der Waals surface area contributed by atoms with E-state index in [-0.39, 0.29) is 11.8 Å². The Morgan fingerprint density at radius 1 is 1.00 bits per heavy atom. The average molecular weight is 341 g/mol. The summed E-state index contributed by atoms with van der Waals surface area (Å²) in [5.74, 6) is 0.684. The molecule has 1 aliphatic rings. The van der Waals surface area contributed by atoms with E-state index in [9.17, 15) is 5.26 Å². The van der Waals surface area contributed by atoms with Gasteiger partial charge in [0.05, 0.1) is 5.92 Å². The molecular weight excluding hydrogens is 322 g/mol. The number of fused-ring (bicyclic) bond motifs is 3. The number of nitriles is 1. The van der Waals surface area contributed by atoms with Crippen LogP contribution in [0.5, 0.6) is 5.75 Å². The number of hydrogen-bond acceptors (Lipinski definition) is 4. The summed E-state index contributed by atoms with van der Waals surface area (Å²) in [6.45, 7) is 0. The predicted molar refractivity (Wildman–Crippen MR) is 104 cm³/mol. The van der Waals surface area contributed by atoms with Crippen LogP contribution in [0.25, 0.3) is 10.8 Å². The lowest BCUT2D eigenvalue weighted by molar-refractivity contribution is 0.398. The Labute approximate surface area is 152 Å². The monoisotopic (exact) mass is 341 g/mol. The zero-order valence-corrected chi connectivity index (χ0v) is 14.7. The number of benzene rings is 3. The van der Waals surface area contributed by atoms with Gasteiger partial charge in [-0.05, 0) is 23.1 Å². The number of anilines is 1. The first-order valence-corrected chi connectivity index (χ1v) is 8.46. The molecule has 0 fully saturated rings. The SMILES string of the molecule is CN(C)c1ccc(C2C(C#N)=C(N)Oc3c2ccc2ccccc32)cc1. The second kappa shape index (κ2) is 6.12. The highest BCUT2D eigenvalue weighted by Crippen LogP contribution is 2.45. The van der Waals surface area contributed by atoms with Gasteiger partial charge in [-0.15, -0.1) is 0 Å². The molecule has 0 aromatic heterocycles. The Kier molecular flexibility index (Phi) is 3.78. The van der Waals surface area contributed by atoms with Crippen molar-refractivity contribution in [1.82, 2.24) is 0 Å². The second-order valence-electron chi connectivity index (χ2n) is 6.62. The maximum absolute atomic E-state index is 9.70. The van der Waals surface area contributed by atoms with E-state index in [4.69, 9.17) is 10.5 Å². The van der Waals surface area contributed by atoms with Gasteiger partial charge in [-0.1, -0.05) is 48.5 Å². The van der Waals surface area contributed by atoms with Crippen LogP contribution in [0.1, 0.15) is 17.0 Å². The lowest BCUT2D eigenvalue weighted by Crippen LogP contribution is -2.21. The van der Waals surface area contributed by atoms with Gasteiger partial charge in [0, 0.05) is 30.7 Å². The summed E-state index contributed by atoms with van der Waals surface area (Å²) in [6, 6.07) is 22.6. The third-order valence-electron chi connectivity index (χ3n) is 4.85. The third-order valence-corrected chi connectivity index (χ3v) is 4.85. The lowest BCUT2D eigenvalue weighted by Gasteiger charge is -2.27. The summed E-state index contributed by atoms with van der Waals surface area (Å²) in [5.41, 5.74) is 9.67. The average Bonchev–Trinajstić information content (AvgIpc) is 2.67. The van der Waals surface area contributed by atoms with Crippen molar-refractivity contribution in [3.8, 4) is 11.8 Å². The Bertz CT molecular complexity index is 1060. The van der Waals surface area contributed by atoms with Crippen molar-refractivity contribution in [3.63, 3.8) is 0 Å². The maximum atomic E-state index is 9.70. The Morgan fingerprint density at radius 3 is 2.42 bits per heavy atom. The van der Waals surface area contributed by atoms with E-state index in [1.54, 1.807) is 0 Å². The molecule has 0 saturated carbocycles. The van der Waals surface area contributed by atoms with E-state index in [2.05, 4.69) is 36.4 Å². The minimum Gasteiger partial charge on any atom is -0.440 e. The molecule has 1 atom stereocenters. The lowest BCUT2D eigenvalue weighted by atomic mass is 9.82. The number of allylic oxidation sites excluding steroid dienone is 1. The van der Waals surface area contributed by atoms with Crippen LogP contribution in [-0.2, 0) is 0 Å². The molecule has 0 aliphatic carbocycles. The predicted octanol–water partition coefficient (Wildman–Crippen LogP) is 4.12. The molecule has 0 spiro atoms. The number of rotatable bonds is 2. The summed E-state index contributed by atoms with van der Waals surface area (Å²) in [6.07, 6.45) is 0. The molecule has 0 amide bonds. The van der Waals surface area contributed by atoms with Crippen molar-refractivity contribution in [2.75, 3.05) is 19.0 Å². The first-order chi connectivity index (χ1) is 12.6. The summed E-state index contributed by atoms with van der Waals surface area (Å²) in [4.78, 5) is 2.05. The topological polar surface area (TPSA) is 62.3 Å². The fraction of sp³-hybridized carbons (Fsp3) is 0.136. The van der Waals surface area contributed by atoms with Crippen LogP contribution in [0, 0.1) is 11.3 Å². The largest absolute Gasteiger partial charge is 0.440 e. The van der Waals surface area contributed by atoms with Gasteiger partial charge in [0.2, 0.25) is 5.88 Å². The Balaban J connectivity index is 1.93. The molecule has 0 bridgehead atoms. The van der Waals surface area contributed by atoms with E-state index in [0.29, 0.717) is 5.57 Å². The molecule has 4 rings (SSSR count). The van der Waals surface area contributed by atoms with Gasteiger partial charge >= 0.3 is 0 Å². The smallest absolute Gasteiger partial charge is 0.205 e. The molecule has 1 unspecified atom stereocenters. The van der Waals surface area contributed by atoms with Crippen LogP contribution in [0.4, 0.5) is 5.69 Å². The van der Waals surface area contributed by atoms with Gasteiger partial charge in [0.25, 0.3) is 0 Å². The van der Waals surface area contributed by atoms with Gasteiger partial charge in [0.15, 0.2) is 0 Å². The molecule has 128 valence electrons. The molecule has 0 saturated heterocycles. The quantitative estimate of drug-likeness (QED) is 0.761. The Hall–Kier alpha value is -3.45. The molecule has 26 heavy (non-hydrogen) atoms. The van der Waals surface area contributed by atoms with Crippen molar-refractivity contribution in [3.05, 3.63) is 83.2 Å². The van der Waals surface area contributed by atoms with Crippen LogP contribution in [0.3, 0.4) is 0 Å². The molecule has 4 nitrogen and oxygen atoms in total. The van der Waals surface area contributed by atoms with Crippen molar-refractivity contribution in [1.29, 1.82) is 5.26 Å². The van der Waals surface area contributed by atoms with E-state index in [1.165, 1.54) is 0 Å². The van der Waals surface area contributed by atoms with E-state index < -0.39 is 0 Å². The van der Waals surface area contributed by atoms with Crippen LogP contribution < -0.4 is 15.4 Å². The normalized spacial score (nSPS) is 16.0. The number of nitrogens with two attached hydrogens (primary N) is 1. The van der Waals surface area contributed by atoms with Crippen LogP contribution in [0.2, 0.25) is 0 Å². The molecule has 2 N–H and O–H groups in total. The van der Waals surface area contributed by atoms with Gasteiger partial charge < -0.3 is 15.4 Å². The van der Waals surface area contributed by atoms with Crippen LogP contribution >= 0.6 is 0 Å². The molecule has 3 aromatic carbocycles. The highest BCUT2D eigenvalue weighted by atomic mass is 16.5. The van der Waals surface area contributed by atoms with E-state index in [1.807, 2.05) is 49.3 Å². The highest BCUT2D eigenvalue weighted by molar-refractivity contribution is 5.90. The molecule has 0 radical (unpaired) electrons. The van der Waals surface area contributed by atoms with Gasteiger partial charge in [0.1, 0.15) is 17.4 Å². The van der Waals surface area contributed by atoms with Gasteiger partial charge in [-0.25, -0.2) is 0 Å². The molecular formula is C22H19N3O. The van der Waals surface area contributed by atoms with Crippen molar-refractivity contribution in [2.24, 2.45) is 5.73 Å². The summed E-state index contributed by atoms with van der Waals surface area (Å²) < 4.78 is 5.89. The minimum absolute atomic E-state index is 0.179. The number of ether oxygens (including phenoxy) is 1. The second-order valence-corrected chi connectivity index (χ2v) is 6.62. The number of nitrogens with zero attached hydrogens (tertiary/aromatic N) is 2. The summed E-state index contributed by atoms with van der Waals surface area (Å²) in [5, 5.41) is 11.8. The molecule has 3 aromatic rings. The first kappa shape index (κ1) is 16.0. The first-order valence-electron chi connectivity index (χ1n) is 8.46. The van der Waals surface area contributed by atoms with Crippen LogP contribution in [0.15, 0.2) is 72.1 Å². The Morgan fingerprint density at radius 2 is 1.73 bits per heavy atom. The van der Waals surface area contributed by atoms with Gasteiger partial charge in [-0.2, -0.15) is 5.26 Å². The van der Waals surface area contributed by atoms with E-state index >= 15 is 0 Å². The summed E-state index contributed by atoms with van der Waals surface area (Å²) >= 11 is 0. The fourth-order valence-corrected chi connectivity index (χ4v) is 3.49.